The van der Waals surface area contributed by atoms with Gasteiger partial charge in [0.05, 0.1) is 0 Å². The summed E-state index contributed by atoms with van der Waals surface area (Å²) < 4.78 is 0. The minimum absolute atomic E-state index is 0.265. The van der Waals surface area contributed by atoms with Gasteiger partial charge in [0.25, 0.3) is 0 Å². The van der Waals surface area contributed by atoms with E-state index in [1.165, 1.54) is 5.56 Å². The van der Waals surface area contributed by atoms with Gasteiger partial charge in [-0.3, -0.25) is 4.79 Å². The number of nitrogens with one attached hydrogen (secondary N) is 1. The highest BCUT2D eigenvalue weighted by Gasteiger charge is 2.19. The SMILES string of the molecule is CC(C)c1cccc2c1NCCC2=O. The van der Waals surface area contributed by atoms with Crippen LogP contribution >= 0.6 is 0 Å². The summed E-state index contributed by atoms with van der Waals surface area (Å²) in [5.41, 5.74) is 3.16. The summed E-state index contributed by atoms with van der Waals surface area (Å²) in [6, 6.07) is 5.98. The first-order valence-corrected chi connectivity index (χ1v) is 5.10. The van der Waals surface area contributed by atoms with E-state index in [0.717, 1.165) is 17.8 Å². The van der Waals surface area contributed by atoms with Gasteiger partial charge in [-0.05, 0) is 17.5 Å². The third kappa shape index (κ3) is 1.41. The van der Waals surface area contributed by atoms with E-state index in [4.69, 9.17) is 0 Å². The first-order chi connectivity index (χ1) is 6.70. The standard InChI is InChI=1S/C12H15NO/c1-8(2)9-4-3-5-10-11(14)6-7-13-12(9)10/h3-5,8,13H,6-7H2,1-2H3. The van der Waals surface area contributed by atoms with E-state index in [1.54, 1.807) is 0 Å². The van der Waals surface area contributed by atoms with Crippen molar-refractivity contribution in [1.82, 2.24) is 0 Å². The Balaban J connectivity index is 2.55. The van der Waals surface area contributed by atoms with Crippen LogP contribution < -0.4 is 5.32 Å². The van der Waals surface area contributed by atoms with Gasteiger partial charge >= 0.3 is 0 Å². The largest absolute Gasteiger partial charge is 0.384 e. The molecule has 2 heteroatoms. The van der Waals surface area contributed by atoms with E-state index in [9.17, 15) is 4.79 Å². The molecule has 0 fully saturated rings. The fourth-order valence-electron chi connectivity index (χ4n) is 1.92. The number of para-hydroxylation sites is 1. The highest BCUT2D eigenvalue weighted by molar-refractivity contribution is 6.03. The summed E-state index contributed by atoms with van der Waals surface area (Å²) in [4.78, 5) is 11.6. The molecule has 0 unspecified atom stereocenters. The predicted molar refractivity (Wildman–Crippen MR) is 58.0 cm³/mol. The molecule has 0 saturated carbocycles. The highest BCUT2D eigenvalue weighted by atomic mass is 16.1. The normalized spacial score (nSPS) is 15.2. The lowest BCUT2D eigenvalue weighted by Gasteiger charge is -2.21. The molecule has 74 valence electrons. The molecule has 0 spiro atoms. The van der Waals surface area contributed by atoms with Crippen LogP contribution in [0.5, 0.6) is 0 Å². The smallest absolute Gasteiger partial charge is 0.166 e. The second-order valence-corrected chi connectivity index (χ2v) is 4.02. The number of carbonyl (C=O) groups excluding carboxylic acids is 1. The maximum Gasteiger partial charge on any atom is 0.166 e. The van der Waals surface area contributed by atoms with Gasteiger partial charge in [0.1, 0.15) is 0 Å². The van der Waals surface area contributed by atoms with E-state index in [-0.39, 0.29) is 5.78 Å². The van der Waals surface area contributed by atoms with Gasteiger partial charge < -0.3 is 5.32 Å². The van der Waals surface area contributed by atoms with Crippen LogP contribution in [0.1, 0.15) is 42.1 Å². The van der Waals surface area contributed by atoms with Crippen LogP contribution in [0, 0.1) is 0 Å². The van der Waals surface area contributed by atoms with Gasteiger partial charge in [0, 0.05) is 24.2 Å². The maximum absolute atomic E-state index is 11.6. The topological polar surface area (TPSA) is 29.1 Å². The maximum atomic E-state index is 11.6. The van der Waals surface area contributed by atoms with E-state index < -0.39 is 0 Å². The summed E-state index contributed by atoms with van der Waals surface area (Å²) in [6.07, 6.45) is 0.620. The molecule has 1 aliphatic rings. The zero-order valence-corrected chi connectivity index (χ0v) is 8.63. The molecule has 0 radical (unpaired) electrons. The summed E-state index contributed by atoms with van der Waals surface area (Å²) in [5, 5.41) is 3.32. The van der Waals surface area contributed by atoms with Crippen LogP contribution in [-0.4, -0.2) is 12.3 Å². The van der Waals surface area contributed by atoms with Crippen molar-refractivity contribution in [3.63, 3.8) is 0 Å². The Labute approximate surface area is 84.3 Å². The van der Waals surface area contributed by atoms with E-state index >= 15 is 0 Å². The molecule has 2 nitrogen and oxygen atoms in total. The minimum atomic E-state index is 0.265. The molecule has 1 aliphatic heterocycles. The lowest BCUT2D eigenvalue weighted by Crippen LogP contribution is -2.19. The molecule has 0 aliphatic carbocycles. The van der Waals surface area contributed by atoms with Crippen molar-refractivity contribution in [2.75, 3.05) is 11.9 Å². The number of hydrogen-bond acceptors (Lipinski definition) is 2. The summed E-state index contributed by atoms with van der Waals surface area (Å²) in [5.74, 6) is 0.726. The van der Waals surface area contributed by atoms with Gasteiger partial charge in [-0.1, -0.05) is 26.0 Å². The summed E-state index contributed by atoms with van der Waals surface area (Å²) in [7, 11) is 0. The van der Waals surface area contributed by atoms with Crippen molar-refractivity contribution in [2.45, 2.75) is 26.2 Å². The fourth-order valence-corrected chi connectivity index (χ4v) is 1.92. The summed E-state index contributed by atoms with van der Waals surface area (Å²) >= 11 is 0. The van der Waals surface area contributed by atoms with Crippen molar-refractivity contribution < 1.29 is 4.79 Å². The number of fused-ring (bicyclic) bond motifs is 1. The summed E-state index contributed by atoms with van der Waals surface area (Å²) in [6.45, 7) is 5.07. The molecule has 0 atom stereocenters. The Bertz CT molecular complexity index is 369. The Morgan fingerprint density at radius 2 is 2.14 bits per heavy atom. The number of anilines is 1. The van der Waals surface area contributed by atoms with E-state index in [1.807, 2.05) is 12.1 Å². The van der Waals surface area contributed by atoms with Gasteiger partial charge in [-0.2, -0.15) is 0 Å². The molecular weight excluding hydrogens is 174 g/mol. The van der Waals surface area contributed by atoms with Crippen molar-refractivity contribution in [1.29, 1.82) is 0 Å². The van der Waals surface area contributed by atoms with Gasteiger partial charge in [-0.25, -0.2) is 0 Å². The molecule has 0 saturated heterocycles. The van der Waals surface area contributed by atoms with Gasteiger partial charge in [0.2, 0.25) is 0 Å². The zero-order chi connectivity index (χ0) is 10.1. The molecule has 14 heavy (non-hydrogen) atoms. The van der Waals surface area contributed by atoms with E-state index in [0.29, 0.717) is 12.3 Å². The monoisotopic (exact) mass is 189 g/mol. The Morgan fingerprint density at radius 3 is 2.86 bits per heavy atom. The van der Waals surface area contributed by atoms with Crippen molar-refractivity contribution in [3.05, 3.63) is 29.3 Å². The molecule has 1 aromatic rings. The number of carbonyl (C=O) groups is 1. The van der Waals surface area contributed by atoms with Crippen LogP contribution in [0.15, 0.2) is 18.2 Å². The zero-order valence-electron chi connectivity index (χ0n) is 8.63. The van der Waals surface area contributed by atoms with Crippen LogP contribution in [0.3, 0.4) is 0 Å². The number of ketones is 1. The average molecular weight is 189 g/mol. The lowest BCUT2D eigenvalue weighted by molar-refractivity contribution is 0.0983. The van der Waals surface area contributed by atoms with Crippen LogP contribution in [0.2, 0.25) is 0 Å². The van der Waals surface area contributed by atoms with Crippen molar-refractivity contribution in [2.24, 2.45) is 0 Å². The molecule has 2 rings (SSSR count). The molecular formula is C12H15NO. The molecule has 1 N–H and O–H groups in total. The number of hydrogen-bond donors (Lipinski definition) is 1. The molecule has 1 aromatic carbocycles. The van der Waals surface area contributed by atoms with E-state index in [2.05, 4.69) is 25.2 Å². The molecule has 1 heterocycles. The number of Topliss-reactive ketones (excluding diaryl/α,β-unsaturated/α-hetero) is 1. The Kier molecular flexibility index (Phi) is 2.28. The van der Waals surface area contributed by atoms with Gasteiger partial charge in [-0.15, -0.1) is 0 Å². The molecule has 0 aromatic heterocycles. The molecule has 0 bridgehead atoms. The Morgan fingerprint density at radius 1 is 1.36 bits per heavy atom. The van der Waals surface area contributed by atoms with Crippen molar-refractivity contribution in [3.8, 4) is 0 Å². The third-order valence-electron chi connectivity index (χ3n) is 2.67. The van der Waals surface area contributed by atoms with Gasteiger partial charge in [0.15, 0.2) is 5.78 Å². The van der Waals surface area contributed by atoms with Crippen LogP contribution in [0.25, 0.3) is 0 Å². The quantitative estimate of drug-likeness (QED) is 0.736. The average Bonchev–Trinajstić information content (AvgIpc) is 2.17. The minimum Gasteiger partial charge on any atom is -0.384 e. The molecule has 0 amide bonds. The lowest BCUT2D eigenvalue weighted by atomic mass is 9.93. The number of benzene rings is 1. The second kappa shape index (κ2) is 3.45. The predicted octanol–water partition coefficient (Wildman–Crippen LogP) is 2.81. The van der Waals surface area contributed by atoms with Crippen LogP contribution in [-0.2, 0) is 0 Å². The Hall–Kier alpha value is -1.31. The fraction of sp³-hybridized carbons (Fsp3) is 0.417. The first-order valence-electron chi connectivity index (χ1n) is 5.10. The number of rotatable bonds is 1. The highest BCUT2D eigenvalue weighted by Crippen LogP contribution is 2.30. The second-order valence-electron chi connectivity index (χ2n) is 4.02. The first kappa shape index (κ1) is 9.25. The van der Waals surface area contributed by atoms with Crippen LogP contribution in [0.4, 0.5) is 5.69 Å². The third-order valence-corrected chi connectivity index (χ3v) is 2.67. The van der Waals surface area contributed by atoms with Crippen molar-refractivity contribution >= 4 is 11.5 Å².